The Bertz CT molecular complexity index is 430. The number of benzene rings is 1. The van der Waals surface area contributed by atoms with Gasteiger partial charge in [-0.25, -0.2) is 0 Å². The predicted molar refractivity (Wildman–Crippen MR) is 53.0 cm³/mol. The molecule has 0 aliphatic heterocycles. The number of H-pyrrole nitrogens is 1. The quantitative estimate of drug-likeness (QED) is 0.713. The molecular formula is C9H12N4. The summed E-state index contributed by atoms with van der Waals surface area (Å²) in [6.45, 7) is 2.06. The van der Waals surface area contributed by atoms with Crippen molar-refractivity contribution in [2.24, 2.45) is 0 Å². The van der Waals surface area contributed by atoms with Gasteiger partial charge >= 0.3 is 0 Å². The number of aromatic nitrogens is 3. The lowest BCUT2D eigenvalue weighted by molar-refractivity contribution is 0.958. The Kier molecular flexibility index (Phi) is 1.69. The van der Waals surface area contributed by atoms with Crippen molar-refractivity contribution in [3.63, 3.8) is 0 Å². The molecule has 0 bridgehead atoms. The van der Waals surface area contributed by atoms with Crippen molar-refractivity contribution < 1.29 is 0 Å². The highest BCUT2D eigenvalue weighted by molar-refractivity contribution is 5.83. The van der Waals surface area contributed by atoms with Crippen molar-refractivity contribution in [3.8, 4) is 0 Å². The number of hydrogen-bond donors (Lipinski definition) is 1. The molecule has 0 aliphatic rings. The van der Waals surface area contributed by atoms with E-state index in [0.717, 1.165) is 16.6 Å². The first-order chi connectivity index (χ1) is 6.20. The third-order valence-electron chi connectivity index (χ3n) is 2.20. The van der Waals surface area contributed by atoms with Crippen LogP contribution in [-0.2, 0) is 0 Å². The summed E-state index contributed by atoms with van der Waals surface area (Å²) in [5.41, 5.74) is 4.28. The third-order valence-corrected chi connectivity index (χ3v) is 2.20. The highest BCUT2D eigenvalue weighted by Crippen LogP contribution is 2.23. The zero-order valence-electron chi connectivity index (χ0n) is 8.00. The van der Waals surface area contributed by atoms with Crippen LogP contribution in [0.3, 0.4) is 0 Å². The van der Waals surface area contributed by atoms with Gasteiger partial charge in [-0.15, -0.1) is 5.10 Å². The summed E-state index contributed by atoms with van der Waals surface area (Å²) in [6.07, 6.45) is 0. The van der Waals surface area contributed by atoms with Gasteiger partial charge in [0, 0.05) is 25.3 Å². The number of nitrogens with zero attached hydrogens (tertiary/aromatic N) is 3. The zero-order chi connectivity index (χ0) is 9.42. The van der Waals surface area contributed by atoms with Gasteiger partial charge < -0.3 is 4.90 Å². The van der Waals surface area contributed by atoms with E-state index in [0.29, 0.717) is 0 Å². The van der Waals surface area contributed by atoms with Gasteiger partial charge in [-0.3, -0.25) is 5.10 Å². The molecular weight excluding hydrogens is 164 g/mol. The van der Waals surface area contributed by atoms with Crippen molar-refractivity contribution in [1.29, 1.82) is 0 Å². The molecule has 0 saturated carbocycles. The first-order valence-corrected chi connectivity index (χ1v) is 4.18. The van der Waals surface area contributed by atoms with Crippen LogP contribution in [-0.4, -0.2) is 29.5 Å². The second-order valence-electron chi connectivity index (χ2n) is 3.31. The average Bonchev–Trinajstić information content (AvgIpc) is 2.52. The van der Waals surface area contributed by atoms with Gasteiger partial charge in [-0.1, -0.05) is 5.21 Å². The fourth-order valence-electron chi connectivity index (χ4n) is 1.52. The topological polar surface area (TPSA) is 44.8 Å². The summed E-state index contributed by atoms with van der Waals surface area (Å²) in [4.78, 5) is 2.07. The first-order valence-electron chi connectivity index (χ1n) is 4.18. The lowest BCUT2D eigenvalue weighted by atomic mass is 10.1. The van der Waals surface area contributed by atoms with Gasteiger partial charge in [0.1, 0.15) is 5.52 Å². The molecule has 1 aromatic heterocycles. The fraction of sp³-hybridized carbons (Fsp3) is 0.333. The van der Waals surface area contributed by atoms with Crippen molar-refractivity contribution in [1.82, 2.24) is 15.4 Å². The summed E-state index contributed by atoms with van der Waals surface area (Å²) in [5.74, 6) is 0. The van der Waals surface area contributed by atoms with Crippen LogP contribution in [0, 0.1) is 6.92 Å². The van der Waals surface area contributed by atoms with Crippen molar-refractivity contribution in [3.05, 3.63) is 17.7 Å². The number of anilines is 1. The molecule has 13 heavy (non-hydrogen) atoms. The van der Waals surface area contributed by atoms with Crippen LogP contribution in [0.1, 0.15) is 5.56 Å². The minimum Gasteiger partial charge on any atom is -0.377 e. The minimum absolute atomic E-state index is 0.950. The van der Waals surface area contributed by atoms with Crippen LogP contribution in [0.15, 0.2) is 12.1 Å². The van der Waals surface area contributed by atoms with Gasteiger partial charge in [-0.05, 0) is 19.1 Å². The zero-order valence-corrected chi connectivity index (χ0v) is 8.00. The largest absolute Gasteiger partial charge is 0.377 e. The van der Waals surface area contributed by atoms with E-state index in [2.05, 4.69) is 33.3 Å². The standard InChI is InChI=1S/C9H12N4/c1-6-8(13(2)3)5-4-7-9(6)11-12-10-7/h4-5H,1-3H3,(H,10,11,12). The van der Waals surface area contributed by atoms with Crippen LogP contribution < -0.4 is 4.90 Å². The van der Waals surface area contributed by atoms with Crippen LogP contribution in [0.25, 0.3) is 11.0 Å². The molecule has 0 saturated heterocycles. The van der Waals surface area contributed by atoms with E-state index < -0.39 is 0 Å². The monoisotopic (exact) mass is 176 g/mol. The first kappa shape index (κ1) is 8.04. The van der Waals surface area contributed by atoms with Gasteiger partial charge in [0.2, 0.25) is 0 Å². The van der Waals surface area contributed by atoms with E-state index in [9.17, 15) is 0 Å². The number of aryl methyl sites for hydroxylation is 1. The number of hydrogen-bond acceptors (Lipinski definition) is 3. The Morgan fingerprint density at radius 3 is 2.77 bits per heavy atom. The smallest absolute Gasteiger partial charge is 0.117 e. The molecule has 0 spiro atoms. The van der Waals surface area contributed by atoms with Gasteiger partial charge in [0.25, 0.3) is 0 Å². The maximum atomic E-state index is 4.03. The molecule has 0 atom stereocenters. The molecule has 4 heteroatoms. The lowest BCUT2D eigenvalue weighted by Gasteiger charge is -2.14. The molecule has 4 nitrogen and oxygen atoms in total. The van der Waals surface area contributed by atoms with Crippen LogP contribution >= 0.6 is 0 Å². The van der Waals surface area contributed by atoms with E-state index >= 15 is 0 Å². The highest BCUT2D eigenvalue weighted by Gasteiger charge is 2.06. The Hall–Kier alpha value is -1.58. The summed E-state index contributed by atoms with van der Waals surface area (Å²) in [6, 6.07) is 4.06. The number of aromatic amines is 1. The number of nitrogens with one attached hydrogen (secondary N) is 1. The molecule has 2 aromatic rings. The summed E-state index contributed by atoms with van der Waals surface area (Å²) >= 11 is 0. The Balaban J connectivity index is 2.73. The van der Waals surface area contributed by atoms with Crippen molar-refractivity contribution in [2.75, 3.05) is 19.0 Å². The molecule has 1 N–H and O–H groups in total. The maximum absolute atomic E-state index is 4.03. The molecule has 1 heterocycles. The molecule has 0 fully saturated rings. The van der Waals surface area contributed by atoms with Gasteiger partial charge in [0.05, 0.1) is 5.52 Å². The van der Waals surface area contributed by atoms with Gasteiger partial charge in [-0.2, -0.15) is 0 Å². The molecule has 68 valence electrons. The summed E-state index contributed by atoms with van der Waals surface area (Å²) < 4.78 is 0. The van der Waals surface area contributed by atoms with Crippen LogP contribution in [0.2, 0.25) is 0 Å². The normalized spacial score (nSPS) is 10.7. The molecule has 2 rings (SSSR count). The molecule has 0 amide bonds. The Morgan fingerprint density at radius 1 is 1.31 bits per heavy atom. The minimum atomic E-state index is 0.950. The average molecular weight is 176 g/mol. The van der Waals surface area contributed by atoms with Crippen molar-refractivity contribution >= 4 is 16.7 Å². The van der Waals surface area contributed by atoms with Gasteiger partial charge in [0.15, 0.2) is 0 Å². The van der Waals surface area contributed by atoms with E-state index in [4.69, 9.17) is 0 Å². The predicted octanol–water partition coefficient (Wildman–Crippen LogP) is 1.33. The summed E-state index contributed by atoms with van der Waals surface area (Å²) in [7, 11) is 4.04. The lowest BCUT2D eigenvalue weighted by Crippen LogP contribution is -2.10. The highest BCUT2D eigenvalue weighted by atomic mass is 15.3. The van der Waals surface area contributed by atoms with E-state index in [-0.39, 0.29) is 0 Å². The maximum Gasteiger partial charge on any atom is 0.117 e. The van der Waals surface area contributed by atoms with Crippen LogP contribution in [0.5, 0.6) is 0 Å². The molecule has 0 unspecified atom stereocenters. The third kappa shape index (κ3) is 1.14. The molecule has 0 radical (unpaired) electrons. The SMILES string of the molecule is Cc1c(N(C)C)ccc2[nH]nnc12. The van der Waals surface area contributed by atoms with E-state index in [1.54, 1.807) is 0 Å². The molecule has 1 aromatic carbocycles. The number of rotatable bonds is 1. The van der Waals surface area contributed by atoms with E-state index in [1.807, 2.05) is 20.2 Å². The molecule has 0 aliphatic carbocycles. The van der Waals surface area contributed by atoms with E-state index in [1.165, 1.54) is 5.69 Å². The van der Waals surface area contributed by atoms with Crippen LogP contribution in [0.4, 0.5) is 5.69 Å². The Labute approximate surface area is 76.6 Å². The second kappa shape index (κ2) is 2.73. The Morgan fingerprint density at radius 2 is 2.08 bits per heavy atom. The summed E-state index contributed by atoms with van der Waals surface area (Å²) in [5, 5.41) is 10.6. The fourth-order valence-corrected chi connectivity index (χ4v) is 1.52. The number of fused-ring (bicyclic) bond motifs is 1. The van der Waals surface area contributed by atoms with Crippen molar-refractivity contribution in [2.45, 2.75) is 6.92 Å². The second-order valence-corrected chi connectivity index (χ2v) is 3.31.